The van der Waals surface area contributed by atoms with Gasteiger partial charge in [0, 0.05) is 10.6 Å². The summed E-state index contributed by atoms with van der Waals surface area (Å²) in [6.07, 6.45) is 0. The van der Waals surface area contributed by atoms with E-state index >= 15 is 0 Å². The SMILES string of the molecule is CC(=O)c1cc(Cl)c(C)c(C#N)c1. The number of ketones is 1. The van der Waals surface area contributed by atoms with Gasteiger partial charge >= 0.3 is 0 Å². The third-order valence-electron chi connectivity index (χ3n) is 1.87. The van der Waals surface area contributed by atoms with Crippen molar-refractivity contribution in [2.75, 3.05) is 0 Å². The minimum Gasteiger partial charge on any atom is -0.295 e. The van der Waals surface area contributed by atoms with Crippen LogP contribution in [0.1, 0.15) is 28.4 Å². The Kier molecular flexibility index (Phi) is 2.69. The number of benzene rings is 1. The smallest absolute Gasteiger partial charge is 0.159 e. The van der Waals surface area contributed by atoms with Crippen LogP contribution in [0.4, 0.5) is 0 Å². The molecule has 0 aromatic heterocycles. The van der Waals surface area contributed by atoms with E-state index < -0.39 is 0 Å². The lowest BCUT2D eigenvalue weighted by Gasteiger charge is -2.02. The van der Waals surface area contributed by atoms with Crippen LogP contribution in [0.25, 0.3) is 0 Å². The second kappa shape index (κ2) is 3.59. The maximum Gasteiger partial charge on any atom is 0.159 e. The van der Waals surface area contributed by atoms with Crippen LogP contribution in [0.5, 0.6) is 0 Å². The Morgan fingerprint density at radius 3 is 2.62 bits per heavy atom. The summed E-state index contributed by atoms with van der Waals surface area (Å²) in [6, 6.07) is 5.14. The number of hydrogen-bond donors (Lipinski definition) is 0. The molecule has 0 heterocycles. The fourth-order valence-electron chi connectivity index (χ4n) is 0.998. The van der Waals surface area contributed by atoms with E-state index in [9.17, 15) is 4.79 Å². The average molecular weight is 194 g/mol. The highest BCUT2D eigenvalue weighted by Gasteiger charge is 2.07. The second-order valence-corrected chi connectivity index (χ2v) is 3.21. The van der Waals surface area contributed by atoms with E-state index in [1.807, 2.05) is 6.07 Å². The van der Waals surface area contributed by atoms with Crippen LogP contribution in [-0.2, 0) is 0 Å². The molecule has 0 saturated heterocycles. The van der Waals surface area contributed by atoms with Crippen LogP contribution in [-0.4, -0.2) is 5.78 Å². The predicted molar refractivity (Wildman–Crippen MR) is 50.9 cm³/mol. The number of nitrogens with zero attached hydrogens (tertiary/aromatic N) is 1. The maximum absolute atomic E-state index is 11.0. The molecular weight excluding hydrogens is 186 g/mol. The molecule has 0 fully saturated rings. The molecule has 0 atom stereocenters. The summed E-state index contributed by atoms with van der Waals surface area (Å²) in [4.78, 5) is 11.0. The molecule has 0 aliphatic rings. The molecule has 0 radical (unpaired) electrons. The van der Waals surface area contributed by atoms with Crippen molar-refractivity contribution in [2.45, 2.75) is 13.8 Å². The molecule has 0 bridgehead atoms. The number of carbonyl (C=O) groups is 1. The Balaban J connectivity index is 3.41. The molecule has 13 heavy (non-hydrogen) atoms. The number of nitriles is 1. The summed E-state index contributed by atoms with van der Waals surface area (Å²) < 4.78 is 0. The van der Waals surface area contributed by atoms with Crippen LogP contribution in [0.15, 0.2) is 12.1 Å². The van der Waals surface area contributed by atoms with E-state index in [-0.39, 0.29) is 5.78 Å². The Hall–Kier alpha value is -1.33. The van der Waals surface area contributed by atoms with Gasteiger partial charge in [-0.3, -0.25) is 4.79 Å². The largest absolute Gasteiger partial charge is 0.295 e. The topological polar surface area (TPSA) is 40.9 Å². The van der Waals surface area contributed by atoms with E-state index in [1.165, 1.54) is 6.92 Å². The first kappa shape index (κ1) is 9.76. The molecule has 1 aromatic carbocycles. The number of hydrogen-bond acceptors (Lipinski definition) is 2. The van der Waals surface area contributed by atoms with Crippen molar-refractivity contribution < 1.29 is 4.79 Å². The summed E-state index contributed by atoms with van der Waals surface area (Å²) in [5.41, 5.74) is 1.65. The van der Waals surface area contributed by atoms with E-state index in [1.54, 1.807) is 19.1 Å². The molecular formula is C10H8ClNO. The molecule has 3 heteroatoms. The van der Waals surface area contributed by atoms with Crippen molar-refractivity contribution in [2.24, 2.45) is 0 Å². The van der Waals surface area contributed by atoms with Crippen molar-refractivity contribution in [1.29, 1.82) is 5.26 Å². The van der Waals surface area contributed by atoms with E-state index in [2.05, 4.69) is 0 Å². The van der Waals surface area contributed by atoms with Crippen molar-refractivity contribution >= 4 is 17.4 Å². The van der Waals surface area contributed by atoms with Gasteiger partial charge in [-0.05, 0) is 31.5 Å². The van der Waals surface area contributed by atoms with Crippen molar-refractivity contribution in [3.8, 4) is 6.07 Å². The monoisotopic (exact) mass is 193 g/mol. The fourth-order valence-corrected chi connectivity index (χ4v) is 1.22. The first-order valence-corrected chi connectivity index (χ1v) is 4.15. The number of Topliss-reactive ketones (excluding diaryl/α,β-unsaturated/α-hetero) is 1. The second-order valence-electron chi connectivity index (χ2n) is 2.80. The van der Waals surface area contributed by atoms with Gasteiger partial charge in [-0.15, -0.1) is 0 Å². The third kappa shape index (κ3) is 1.88. The van der Waals surface area contributed by atoms with Gasteiger partial charge in [-0.1, -0.05) is 11.6 Å². The van der Waals surface area contributed by atoms with E-state index in [4.69, 9.17) is 16.9 Å². The standard InChI is InChI=1S/C10H8ClNO/c1-6-9(5-12)3-8(7(2)13)4-10(6)11/h3-4H,1-2H3. The minimum absolute atomic E-state index is 0.0848. The normalized spacial score (nSPS) is 9.38. The lowest BCUT2D eigenvalue weighted by molar-refractivity contribution is 0.101. The molecule has 0 unspecified atom stereocenters. The highest BCUT2D eigenvalue weighted by Crippen LogP contribution is 2.21. The average Bonchev–Trinajstić information content (AvgIpc) is 2.09. The van der Waals surface area contributed by atoms with Crippen molar-refractivity contribution in [3.05, 3.63) is 33.8 Å². The maximum atomic E-state index is 11.0. The van der Waals surface area contributed by atoms with Crippen LogP contribution in [0.2, 0.25) is 5.02 Å². The summed E-state index contributed by atoms with van der Waals surface area (Å²) in [5, 5.41) is 9.19. The summed E-state index contributed by atoms with van der Waals surface area (Å²) in [5.74, 6) is -0.0848. The van der Waals surface area contributed by atoms with Crippen molar-refractivity contribution in [1.82, 2.24) is 0 Å². The summed E-state index contributed by atoms with van der Waals surface area (Å²) >= 11 is 5.84. The lowest BCUT2D eigenvalue weighted by Crippen LogP contribution is -1.95. The van der Waals surface area contributed by atoms with Crippen LogP contribution >= 0.6 is 11.6 Å². The highest BCUT2D eigenvalue weighted by atomic mass is 35.5. The zero-order valence-corrected chi connectivity index (χ0v) is 8.14. The summed E-state index contributed by atoms with van der Waals surface area (Å²) in [6.45, 7) is 3.20. The predicted octanol–water partition coefficient (Wildman–Crippen LogP) is 2.72. The van der Waals surface area contributed by atoms with Gasteiger partial charge in [0.25, 0.3) is 0 Å². The Morgan fingerprint density at radius 2 is 2.15 bits per heavy atom. The van der Waals surface area contributed by atoms with Gasteiger partial charge in [-0.25, -0.2) is 0 Å². The Bertz CT molecular complexity index is 404. The molecule has 1 rings (SSSR count). The molecule has 1 aromatic rings. The van der Waals surface area contributed by atoms with Crippen LogP contribution in [0, 0.1) is 18.3 Å². The van der Waals surface area contributed by atoms with Crippen LogP contribution in [0.3, 0.4) is 0 Å². The first-order chi connectivity index (χ1) is 6.06. The molecule has 0 saturated carbocycles. The minimum atomic E-state index is -0.0848. The molecule has 0 spiro atoms. The van der Waals surface area contributed by atoms with E-state index in [0.29, 0.717) is 21.7 Å². The fraction of sp³-hybridized carbons (Fsp3) is 0.200. The highest BCUT2D eigenvalue weighted by molar-refractivity contribution is 6.31. The Morgan fingerprint density at radius 1 is 1.54 bits per heavy atom. The molecule has 0 aliphatic heterocycles. The quantitative estimate of drug-likeness (QED) is 0.644. The zero-order valence-electron chi connectivity index (χ0n) is 7.39. The molecule has 0 aliphatic carbocycles. The number of halogens is 1. The molecule has 66 valence electrons. The van der Waals surface area contributed by atoms with Crippen molar-refractivity contribution in [3.63, 3.8) is 0 Å². The Labute approximate surface area is 81.7 Å². The van der Waals surface area contributed by atoms with Gasteiger partial charge in [-0.2, -0.15) is 5.26 Å². The summed E-state index contributed by atoms with van der Waals surface area (Å²) in [7, 11) is 0. The molecule has 2 nitrogen and oxygen atoms in total. The third-order valence-corrected chi connectivity index (χ3v) is 2.26. The zero-order chi connectivity index (χ0) is 10.0. The van der Waals surface area contributed by atoms with Gasteiger partial charge in [0.05, 0.1) is 11.6 Å². The van der Waals surface area contributed by atoms with Gasteiger partial charge in [0.15, 0.2) is 5.78 Å². The van der Waals surface area contributed by atoms with Gasteiger partial charge in [0.1, 0.15) is 0 Å². The number of rotatable bonds is 1. The van der Waals surface area contributed by atoms with E-state index in [0.717, 1.165) is 0 Å². The van der Waals surface area contributed by atoms with Crippen LogP contribution < -0.4 is 0 Å². The number of carbonyl (C=O) groups excluding carboxylic acids is 1. The molecule has 0 amide bonds. The lowest BCUT2D eigenvalue weighted by atomic mass is 10.0. The molecule has 0 N–H and O–H groups in total. The first-order valence-electron chi connectivity index (χ1n) is 3.77. The van der Waals surface area contributed by atoms with Gasteiger partial charge < -0.3 is 0 Å². The van der Waals surface area contributed by atoms with Gasteiger partial charge in [0.2, 0.25) is 0 Å².